The summed E-state index contributed by atoms with van der Waals surface area (Å²) in [6.45, 7) is 5.11. The summed E-state index contributed by atoms with van der Waals surface area (Å²) >= 11 is 0. The van der Waals surface area contributed by atoms with Gasteiger partial charge in [-0.3, -0.25) is 9.69 Å². The molecule has 1 aromatic heterocycles. The molecule has 27 heavy (non-hydrogen) atoms. The van der Waals surface area contributed by atoms with E-state index >= 15 is 0 Å². The molecule has 3 rings (SSSR count). The predicted molar refractivity (Wildman–Crippen MR) is 100 cm³/mol. The first-order valence-corrected chi connectivity index (χ1v) is 8.95. The number of amides is 1. The fraction of sp³-hybridized carbons (Fsp3) is 0.350. The molecule has 1 fully saturated rings. The lowest BCUT2D eigenvalue weighted by Gasteiger charge is -2.38. The maximum atomic E-state index is 12.9. The molecule has 1 atom stereocenters. The minimum atomic E-state index is -0.288. The highest BCUT2D eigenvalue weighted by Crippen LogP contribution is 2.18. The van der Waals surface area contributed by atoms with Crippen LogP contribution in [0.5, 0.6) is 0 Å². The van der Waals surface area contributed by atoms with E-state index in [0.29, 0.717) is 44.1 Å². The molecular weight excluding hydrogens is 345 g/mol. The third kappa shape index (κ3) is 4.60. The van der Waals surface area contributed by atoms with Crippen LogP contribution in [0.4, 0.5) is 10.2 Å². The molecule has 1 saturated heterocycles. The first-order chi connectivity index (χ1) is 13.1. The highest BCUT2D eigenvalue weighted by atomic mass is 19.1. The third-order valence-electron chi connectivity index (χ3n) is 4.83. The van der Waals surface area contributed by atoms with Gasteiger partial charge < -0.3 is 10.2 Å². The van der Waals surface area contributed by atoms with Gasteiger partial charge >= 0.3 is 0 Å². The summed E-state index contributed by atoms with van der Waals surface area (Å²) in [6, 6.07) is 11.5. The van der Waals surface area contributed by atoms with Gasteiger partial charge in [0.25, 0.3) is 0 Å². The smallest absolute Gasteiger partial charge is 0.237 e. The molecule has 0 aliphatic carbocycles. The van der Waals surface area contributed by atoms with Gasteiger partial charge in [-0.2, -0.15) is 5.26 Å². The van der Waals surface area contributed by atoms with E-state index in [4.69, 9.17) is 0 Å². The van der Waals surface area contributed by atoms with E-state index in [1.54, 1.807) is 30.5 Å². The number of hydrogen-bond acceptors (Lipinski definition) is 5. The maximum absolute atomic E-state index is 12.9. The van der Waals surface area contributed by atoms with Crippen molar-refractivity contribution in [3.05, 3.63) is 59.5 Å². The fourth-order valence-electron chi connectivity index (χ4n) is 3.16. The van der Waals surface area contributed by atoms with Crippen LogP contribution >= 0.6 is 0 Å². The number of nitrogens with zero attached hydrogens (tertiary/aromatic N) is 4. The number of pyridine rings is 1. The first-order valence-electron chi connectivity index (χ1n) is 8.95. The Balaban J connectivity index is 1.52. The average molecular weight is 367 g/mol. The highest BCUT2D eigenvalue weighted by molar-refractivity contribution is 5.81. The van der Waals surface area contributed by atoms with Crippen molar-refractivity contribution >= 4 is 11.7 Å². The van der Waals surface area contributed by atoms with Gasteiger partial charge in [0.1, 0.15) is 17.7 Å². The number of piperazine rings is 1. The minimum absolute atomic E-state index is 0.0525. The summed E-state index contributed by atoms with van der Waals surface area (Å²) in [6.07, 6.45) is 1.69. The van der Waals surface area contributed by atoms with Gasteiger partial charge in [-0.1, -0.05) is 12.1 Å². The average Bonchev–Trinajstić information content (AvgIpc) is 2.72. The van der Waals surface area contributed by atoms with Crippen LogP contribution in [0.1, 0.15) is 18.1 Å². The van der Waals surface area contributed by atoms with E-state index in [1.165, 1.54) is 12.1 Å². The van der Waals surface area contributed by atoms with Crippen molar-refractivity contribution in [1.82, 2.24) is 15.2 Å². The zero-order valence-electron chi connectivity index (χ0n) is 15.2. The Bertz CT molecular complexity index is 825. The lowest BCUT2D eigenvalue weighted by atomic mass is 10.2. The Morgan fingerprint density at radius 3 is 2.63 bits per heavy atom. The number of hydrogen-bond donors (Lipinski definition) is 1. The molecule has 2 aromatic rings. The number of anilines is 1. The molecule has 1 aliphatic heterocycles. The summed E-state index contributed by atoms with van der Waals surface area (Å²) < 4.78 is 12.9. The molecule has 1 unspecified atom stereocenters. The molecule has 0 spiro atoms. The molecule has 6 nitrogen and oxygen atoms in total. The summed E-state index contributed by atoms with van der Waals surface area (Å²) in [5.74, 6) is 0.361. The van der Waals surface area contributed by atoms with Crippen molar-refractivity contribution < 1.29 is 9.18 Å². The topological polar surface area (TPSA) is 72.3 Å². The van der Waals surface area contributed by atoms with E-state index in [0.717, 1.165) is 5.56 Å². The Morgan fingerprint density at radius 2 is 1.96 bits per heavy atom. The second-order valence-electron chi connectivity index (χ2n) is 6.53. The number of nitrogens with one attached hydrogen (secondary N) is 1. The number of benzene rings is 1. The first kappa shape index (κ1) is 18.8. The minimum Gasteiger partial charge on any atom is -0.353 e. The maximum Gasteiger partial charge on any atom is 0.237 e. The monoisotopic (exact) mass is 367 g/mol. The van der Waals surface area contributed by atoms with Crippen molar-refractivity contribution in [2.75, 3.05) is 31.1 Å². The third-order valence-corrected chi connectivity index (χ3v) is 4.83. The molecule has 1 amide bonds. The summed E-state index contributed by atoms with van der Waals surface area (Å²) in [7, 11) is 0. The number of carbonyl (C=O) groups is 1. The Hall–Kier alpha value is -2.98. The van der Waals surface area contributed by atoms with Gasteiger partial charge in [-0.15, -0.1) is 0 Å². The SMILES string of the molecule is CC(C(=O)NCc1ccc(F)cc1)N1CCN(c2ncccc2C#N)CC1. The van der Waals surface area contributed by atoms with Crippen LogP contribution in [0.15, 0.2) is 42.6 Å². The van der Waals surface area contributed by atoms with Crippen LogP contribution in [0.2, 0.25) is 0 Å². The summed E-state index contributed by atoms with van der Waals surface area (Å²) in [5, 5.41) is 12.1. The standard InChI is InChI=1S/C20H22FN5O/c1-15(20(27)24-14-16-4-6-18(21)7-5-16)25-9-11-26(12-10-25)19-17(13-22)3-2-8-23-19/h2-8,15H,9-12,14H2,1H3,(H,24,27). The van der Waals surface area contributed by atoms with Crippen molar-refractivity contribution in [3.63, 3.8) is 0 Å². The molecule has 1 aromatic carbocycles. The van der Waals surface area contributed by atoms with Gasteiger partial charge in [0, 0.05) is 38.9 Å². The number of rotatable bonds is 5. The second-order valence-corrected chi connectivity index (χ2v) is 6.53. The predicted octanol–water partition coefficient (Wildman–Crippen LogP) is 1.92. The van der Waals surface area contributed by atoms with Gasteiger partial charge in [0.15, 0.2) is 0 Å². The Labute approximate surface area is 158 Å². The lowest BCUT2D eigenvalue weighted by molar-refractivity contribution is -0.126. The summed E-state index contributed by atoms with van der Waals surface area (Å²) in [4.78, 5) is 21.0. The van der Waals surface area contributed by atoms with Gasteiger partial charge in [-0.25, -0.2) is 9.37 Å². The highest BCUT2D eigenvalue weighted by Gasteiger charge is 2.26. The van der Waals surface area contributed by atoms with E-state index in [-0.39, 0.29) is 17.8 Å². The zero-order chi connectivity index (χ0) is 19.2. The fourth-order valence-corrected chi connectivity index (χ4v) is 3.16. The number of halogens is 1. The Kier molecular flexibility index (Phi) is 5.99. The number of nitriles is 1. The van der Waals surface area contributed by atoms with Crippen LogP contribution in [-0.4, -0.2) is 48.0 Å². The van der Waals surface area contributed by atoms with Crippen molar-refractivity contribution in [1.29, 1.82) is 5.26 Å². The quantitative estimate of drug-likeness (QED) is 0.874. The molecule has 1 N–H and O–H groups in total. The molecule has 0 bridgehead atoms. The molecule has 140 valence electrons. The lowest BCUT2D eigenvalue weighted by Crippen LogP contribution is -2.54. The molecule has 1 aliphatic rings. The van der Waals surface area contributed by atoms with E-state index < -0.39 is 0 Å². The van der Waals surface area contributed by atoms with Crippen LogP contribution in [0.3, 0.4) is 0 Å². The van der Waals surface area contributed by atoms with Crippen molar-refractivity contribution in [3.8, 4) is 6.07 Å². The van der Waals surface area contributed by atoms with E-state index in [9.17, 15) is 14.4 Å². The van der Waals surface area contributed by atoms with E-state index in [1.807, 2.05) is 6.92 Å². The van der Waals surface area contributed by atoms with Gasteiger partial charge in [0.05, 0.1) is 11.6 Å². The molecule has 0 saturated carbocycles. The molecule has 2 heterocycles. The van der Waals surface area contributed by atoms with Crippen LogP contribution < -0.4 is 10.2 Å². The molecular formula is C20H22FN5O. The van der Waals surface area contributed by atoms with Crippen molar-refractivity contribution in [2.24, 2.45) is 0 Å². The summed E-state index contributed by atoms with van der Waals surface area (Å²) in [5.41, 5.74) is 1.43. The van der Waals surface area contributed by atoms with Crippen LogP contribution in [0, 0.1) is 17.1 Å². The van der Waals surface area contributed by atoms with E-state index in [2.05, 4.69) is 26.2 Å². The van der Waals surface area contributed by atoms with Crippen molar-refractivity contribution in [2.45, 2.75) is 19.5 Å². The van der Waals surface area contributed by atoms with Crippen LogP contribution in [-0.2, 0) is 11.3 Å². The number of carbonyl (C=O) groups excluding carboxylic acids is 1. The van der Waals surface area contributed by atoms with Crippen LogP contribution in [0.25, 0.3) is 0 Å². The largest absolute Gasteiger partial charge is 0.353 e. The number of aromatic nitrogens is 1. The normalized spacial score (nSPS) is 15.8. The molecule has 0 radical (unpaired) electrons. The van der Waals surface area contributed by atoms with Gasteiger partial charge in [-0.05, 0) is 36.8 Å². The van der Waals surface area contributed by atoms with Gasteiger partial charge in [0.2, 0.25) is 5.91 Å². The second kappa shape index (κ2) is 8.60. The molecule has 7 heteroatoms. The Morgan fingerprint density at radius 1 is 1.26 bits per heavy atom. The zero-order valence-corrected chi connectivity index (χ0v) is 15.2.